The van der Waals surface area contributed by atoms with Gasteiger partial charge in [0.2, 0.25) is 0 Å². The molecule has 0 aliphatic carbocycles. The Balaban J connectivity index is 2.65. The Labute approximate surface area is 97.9 Å². The van der Waals surface area contributed by atoms with Gasteiger partial charge in [-0.3, -0.25) is 0 Å². The minimum absolute atomic E-state index is 0.101. The van der Waals surface area contributed by atoms with E-state index >= 15 is 0 Å². The standard InChI is InChI=1S/C12H13NO4/c1-17-9-2-3-10-8(6-9)7-11(12(15)16)13(10)4-5-14/h2-3,6-7,14H,4-5H2,1H3,(H,15,16). The number of aromatic carboxylic acids is 1. The van der Waals surface area contributed by atoms with Crippen LogP contribution in [0.25, 0.3) is 10.9 Å². The molecule has 5 heteroatoms. The highest BCUT2D eigenvalue weighted by atomic mass is 16.5. The van der Waals surface area contributed by atoms with E-state index in [1.807, 2.05) is 0 Å². The predicted octanol–water partition coefficient (Wildman–Crippen LogP) is 1.34. The fourth-order valence-electron chi connectivity index (χ4n) is 1.89. The van der Waals surface area contributed by atoms with Crippen molar-refractivity contribution in [3.63, 3.8) is 0 Å². The fourth-order valence-corrected chi connectivity index (χ4v) is 1.89. The number of carboxylic acids is 1. The van der Waals surface area contributed by atoms with Crippen molar-refractivity contribution >= 4 is 16.9 Å². The molecule has 2 N–H and O–H groups in total. The van der Waals surface area contributed by atoms with Crippen LogP contribution >= 0.6 is 0 Å². The van der Waals surface area contributed by atoms with E-state index in [1.165, 1.54) is 0 Å². The molecular formula is C12H13NO4. The third-order valence-corrected chi connectivity index (χ3v) is 2.65. The first-order valence-corrected chi connectivity index (χ1v) is 5.19. The number of carboxylic acid groups (broad SMARTS) is 1. The number of rotatable bonds is 4. The van der Waals surface area contributed by atoms with E-state index in [4.69, 9.17) is 14.9 Å². The summed E-state index contributed by atoms with van der Waals surface area (Å²) in [4.78, 5) is 11.1. The molecule has 5 nitrogen and oxygen atoms in total. The second-order valence-corrected chi connectivity index (χ2v) is 3.63. The Morgan fingerprint density at radius 2 is 2.18 bits per heavy atom. The van der Waals surface area contributed by atoms with Crippen LogP contribution in [0.4, 0.5) is 0 Å². The van der Waals surface area contributed by atoms with Gasteiger partial charge in [-0.1, -0.05) is 0 Å². The SMILES string of the molecule is COc1ccc2c(c1)cc(C(=O)O)n2CCO. The lowest BCUT2D eigenvalue weighted by Crippen LogP contribution is -2.10. The summed E-state index contributed by atoms with van der Waals surface area (Å²) in [7, 11) is 1.56. The molecule has 0 amide bonds. The summed E-state index contributed by atoms with van der Waals surface area (Å²) in [5.74, 6) is -0.329. The van der Waals surface area contributed by atoms with Gasteiger partial charge < -0.3 is 19.5 Å². The zero-order valence-corrected chi connectivity index (χ0v) is 9.38. The van der Waals surface area contributed by atoms with E-state index in [2.05, 4.69) is 0 Å². The normalized spacial score (nSPS) is 10.7. The highest BCUT2D eigenvalue weighted by Crippen LogP contribution is 2.24. The average Bonchev–Trinajstić information content (AvgIpc) is 2.68. The van der Waals surface area contributed by atoms with Crippen LogP contribution in [0.1, 0.15) is 10.5 Å². The molecule has 2 aromatic rings. The van der Waals surface area contributed by atoms with Crippen molar-refractivity contribution in [1.82, 2.24) is 4.57 Å². The highest BCUT2D eigenvalue weighted by molar-refractivity contribution is 5.95. The molecule has 0 bridgehead atoms. The van der Waals surface area contributed by atoms with Gasteiger partial charge in [0.05, 0.1) is 13.7 Å². The maximum atomic E-state index is 11.1. The zero-order chi connectivity index (χ0) is 12.4. The minimum Gasteiger partial charge on any atom is -0.497 e. The molecule has 0 aliphatic heterocycles. The molecule has 0 spiro atoms. The summed E-state index contributed by atoms with van der Waals surface area (Å²) >= 11 is 0. The topological polar surface area (TPSA) is 71.7 Å². The lowest BCUT2D eigenvalue weighted by Gasteiger charge is -2.06. The largest absolute Gasteiger partial charge is 0.497 e. The number of hydrogen-bond acceptors (Lipinski definition) is 3. The second kappa shape index (κ2) is 4.47. The first-order chi connectivity index (χ1) is 8.17. The summed E-state index contributed by atoms with van der Waals surface area (Å²) in [5.41, 5.74) is 0.944. The molecule has 90 valence electrons. The number of aromatic nitrogens is 1. The van der Waals surface area contributed by atoms with Crippen molar-refractivity contribution in [3.8, 4) is 5.75 Å². The van der Waals surface area contributed by atoms with Gasteiger partial charge >= 0.3 is 5.97 Å². The maximum absolute atomic E-state index is 11.1. The summed E-state index contributed by atoms with van der Waals surface area (Å²) in [6, 6.07) is 6.91. The lowest BCUT2D eigenvalue weighted by molar-refractivity contribution is 0.0684. The average molecular weight is 235 g/mol. The van der Waals surface area contributed by atoms with Crippen LogP contribution in [-0.4, -0.2) is 34.5 Å². The Morgan fingerprint density at radius 3 is 2.76 bits per heavy atom. The molecule has 1 aromatic heterocycles. The van der Waals surface area contributed by atoms with Crippen molar-refractivity contribution in [2.45, 2.75) is 6.54 Å². The van der Waals surface area contributed by atoms with Crippen LogP contribution in [0.2, 0.25) is 0 Å². The molecular weight excluding hydrogens is 222 g/mol. The number of fused-ring (bicyclic) bond motifs is 1. The van der Waals surface area contributed by atoms with Crippen molar-refractivity contribution in [2.75, 3.05) is 13.7 Å². The van der Waals surface area contributed by atoms with E-state index in [0.29, 0.717) is 5.75 Å². The van der Waals surface area contributed by atoms with E-state index in [0.717, 1.165) is 10.9 Å². The number of ether oxygens (including phenoxy) is 1. The van der Waals surface area contributed by atoms with Crippen molar-refractivity contribution in [2.24, 2.45) is 0 Å². The number of carbonyl (C=O) groups is 1. The van der Waals surface area contributed by atoms with Crippen molar-refractivity contribution < 1.29 is 19.7 Å². The van der Waals surface area contributed by atoms with Gasteiger partial charge in [0.25, 0.3) is 0 Å². The minimum atomic E-state index is -1.01. The molecule has 0 unspecified atom stereocenters. The van der Waals surface area contributed by atoms with Crippen LogP contribution < -0.4 is 4.74 Å². The fraction of sp³-hybridized carbons (Fsp3) is 0.250. The van der Waals surface area contributed by atoms with E-state index in [1.54, 1.807) is 35.9 Å². The number of benzene rings is 1. The van der Waals surface area contributed by atoms with Crippen LogP contribution in [0.3, 0.4) is 0 Å². The Hall–Kier alpha value is -2.01. The monoisotopic (exact) mass is 235 g/mol. The first-order valence-electron chi connectivity index (χ1n) is 5.19. The summed E-state index contributed by atoms with van der Waals surface area (Å²) < 4.78 is 6.67. The summed E-state index contributed by atoms with van der Waals surface area (Å²) in [6.45, 7) is 0.160. The summed E-state index contributed by atoms with van der Waals surface area (Å²) in [5, 5.41) is 18.8. The zero-order valence-electron chi connectivity index (χ0n) is 9.38. The maximum Gasteiger partial charge on any atom is 0.352 e. The smallest absolute Gasteiger partial charge is 0.352 e. The molecule has 17 heavy (non-hydrogen) atoms. The van der Waals surface area contributed by atoms with Crippen LogP contribution in [0.15, 0.2) is 24.3 Å². The van der Waals surface area contributed by atoms with E-state index in [9.17, 15) is 4.79 Å². The van der Waals surface area contributed by atoms with Gasteiger partial charge in [-0.2, -0.15) is 0 Å². The van der Waals surface area contributed by atoms with Crippen molar-refractivity contribution in [3.05, 3.63) is 30.0 Å². The van der Waals surface area contributed by atoms with Gasteiger partial charge in [-0.05, 0) is 24.3 Å². The van der Waals surface area contributed by atoms with Crippen LogP contribution in [0.5, 0.6) is 5.75 Å². The molecule has 0 saturated carbocycles. The third-order valence-electron chi connectivity index (χ3n) is 2.65. The first kappa shape index (κ1) is 11.5. The Bertz CT molecular complexity index is 559. The molecule has 0 aliphatic rings. The van der Waals surface area contributed by atoms with Crippen LogP contribution in [0, 0.1) is 0 Å². The number of methoxy groups -OCH3 is 1. The predicted molar refractivity (Wildman–Crippen MR) is 62.5 cm³/mol. The highest BCUT2D eigenvalue weighted by Gasteiger charge is 2.14. The number of aliphatic hydroxyl groups is 1. The summed E-state index contributed by atoms with van der Waals surface area (Å²) in [6.07, 6.45) is 0. The Morgan fingerprint density at radius 1 is 1.41 bits per heavy atom. The van der Waals surface area contributed by atoms with E-state index < -0.39 is 5.97 Å². The molecule has 0 radical (unpaired) electrons. The van der Waals surface area contributed by atoms with Gasteiger partial charge in [0, 0.05) is 17.4 Å². The quantitative estimate of drug-likeness (QED) is 0.838. The number of hydrogen-bond donors (Lipinski definition) is 2. The van der Waals surface area contributed by atoms with Gasteiger partial charge in [-0.25, -0.2) is 4.79 Å². The molecule has 2 rings (SSSR count). The third kappa shape index (κ3) is 1.97. The van der Waals surface area contributed by atoms with Gasteiger partial charge in [-0.15, -0.1) is 0 Å². The molecule has 0 fully saturated rings. The van der Waals surface area contributed by atoms with Gasteiger partial charge in [0.15, 0.2) is 0 Å². The van der Waals surface area contributed by atoms with E-state index in [-0.39, 0.29) is 18.8 Å². The molecule has 1 heterocycles. The number of nitrogens with zero attached hydrogens (tertiary/aromatic N) is 1. The molecule has 0 saturated heterocycles. The molecule has 1 aromatic carbocycles. The second-order valence-electron chi connectivity index (χ2n) is 3.63. The number of aliphatic hydroxyl groups excluding tert-OH is 1. The van der Waals surface area contributed by atoms with Gasteiger partial charge in [0.1, 0.15) is 11.4 Å². The van der Waals surface area contributed by atoms with Crippen molar-refractivity contribution in [1.29, 1.82) is 0 Å². The molecule has 0 atom stereocenters. The van der Waals surface area contributed by atoms with Crippen LogP contribution in [-0.2, 0) is 6.54 Å². The Kier molecular flexibility index (Phi) is 3.01. The lowest BCUT2D eigenvalue weighted by atomic mass is 10.2.